The van der Waals surface area contributed by atoms with Gasteiger partial charge in [0.1, 0.15) is 11.9 Å². The van der Waals surface area contributed by atoms with Gasteiger partial charge < -0.3 is 4.74 Å². The van der Waals surface area contributed by atoms with Gasteiger partial charge in [-0.2, -0.15) is 13.2 Å². The number of sulfonamides is 2. The van der Waals surface area contributed by atoms with Gasteiger partial charge in [0.05, 0.1) is 5.25 Å². The van der Waals surface area contributed by atoms with E-state index in [1.807, 2.05) is 0 Å². The molecule has 12 heteroatoms. The molecule has 7 nitrogen and oxygen atoms in total. The van der Waals surface area contributed by atoms with E-state index in [-0.39, 0.29) is 6.54 Å². The van der Waals surface area contributed by atoms with E-state index in [9.17, 15) is 30.0 Å². The van der Waals surface area contributed by atoms with Gasteiger partial charge in [0.2, 0.25) is 10.0 Å². The quantitative estimate of drug-likeness (QED) is 0.527. The minimum Gasteiger partial charge on any atom is -0.489 e. The Bertz CT molecular complexity index is 1100. The first-order valence-electron chi connectivity index (χ1n) is 9.62. The predicted octanol–water partition coefficient (Wildman–Crippen LogP) is 3.39. The van der Waals surface area contributed by atoms with Crippen LogP contribution >= 0.6 is 0 Å². The van der Waals surface area contributed by atoms with Crippen molar-refractivity contribution in [2.45, 2.75) is 44.2 Å². The summed E-state index contributed by atoms with van der Waals surface area (Å²) in [4.78, 5) is 0. The summed E-state index contributed by atoms with van der Waals surface area (Å²) in [5, 5.41) is -0.537. The molecule has 0 aromatic heterocycles. The molecule has 32 heavy (non-hydrogen) atoms. The number of benzene rings is 2. The van der Waals surface area contributed by atoms with Gasteiger partial charge in [-0.3, -0.25) is 0 Å². The lowest BCUT2D eigenvalue weighted by Gasteiger charge is -2.17. The zero-order chi connectivity index (χ0) is 24.2. The SMILES string of the molecule is CC(CNS(=O)(=O)C(C)C)Oc1ccc(-c2ccc(CNS(=O)(=O)C(F)(F)F)cc2)cc1. The Morgan fingerprint density at radius 3 is 1.81 bits per heavy atom. The van der Waals surface area contributed by atoms with E-state index in [2.05, 4.69) is 4.72 Å². The van der Waals surface area contributed by atoms with Crippen LogP contribution in [0, 0.1) is 0 Å². The molecule has 0 saturated carbocycles. The molecule has 0 fully saturated rings. The zero-order valence-electron chi connectivity index (χ0n) is 17.7. The second kappa shape index (κ2) is 10.2. The Morgan fingerprint density at radius 1 is 0.844 bits per heavy atom. The van der Waals surface area contributed by atoms with Crippen molar-refractivity contribution in [3.8, 4) is 16.9 Å². The molecule has 0 aliphatic carbocycles. The summed E-state index contributed by atoms with van der Waals surface area (Å²) in [7, 11) is -8.77. The maximum atomic E-state index is 12.4. The van der Waals surface area contributed by atoms with Gasteiger partial charge in [-0.15, -0.1) is 0 Å². The van der Waals surface area contributed by atoms with Crippen molar-refractivity contribution < 1.29 is 34.7 Å². The first-order valence-corrected chi connectivity index (χ1v) is 12.6. The minimum absolute atomic E-state index is 0.127. The van der Waals surface area contributed by atoms with Crippen molar-refractivity contribution in [3.63, 3.8) is 0 Å². The Balaban J connectivity index is 1.95. The molecule has 2 aromatic carbocycles. The first kappa shape index (κ1) is 26.1. The van der Waals surface area contributed by atoms with E-state index in [4.69, 9.17) is 4.74 Å². The summed E-state index contributed by atoms with van der Waals surface area (Å²) in [5.74, 6) is 0.545. The number of hydrogen-bond donors (Lipinski definition) is 2. The molecule has 0 bridgehead atoms. The third-order valence-electron chi connectivity index (χ3n) is 4.44. The van der Waals surface area contributed by atoms with Crippen molar-refractivity contribution in [3.05, 3.63) is 54.1 Å². The highest BCUT2D eigenvalue weighted by atomic mass is 32.2. The summed E-state index contributed by atoms with van der Waals surface area (Å²) in [5.41, 5.74) is -3.39. The van der Waals surface area contributed by atoms with Gasteiger partial charge in [0, 0.05) is 13.1 Å². The number of nitrogens with one attached hydrogen (secondary N) is 2. The molecule has 0 spiro atoms. The number of halogens is 3. The molecular weight excluding hydrogens is 469 g/mol. The number of ether oxygens (including phenoxy) is 1. The van der Waals surface area contributed by atoms with Crippen LogP contribution in [0.15, 0.2) is 48.5 Å². The van der Waals surface area contributed by atoms with Crippen LogP contribution in [0.3, 0.4) is 0 Å². The molecule has 0 amide bonds. The van der Waals surface area contributed by atoms with Gasteiger partial charge in [0.15, 0.2) is 0 Å². The molecule has 0 saturated heterocycles. The molecule has 1 unspecified atom stereocenters. The van der Waals surface area contributed by atoms with E-state index in [1.165, 1.54) is 16.9 Å². The summed E-state index contributed by atoms with van der Waals surface area (Å²) >= 11 is 0. The van der Waals surface area contributed by atoms with Gasteiger partial charge in [0.25, 0.3) is 0 Å². The van der Waals surface area contributed by atoms with Crippen LogP contribution in [0.4, 0.5) is 13.2 Å². The summed E-state index contributed by atoms with van der Waals surface area (Å²) in [6, 6.07) is 13.4. The molecule has 1 atom stereocenters. The zero-order valence-corrected chi connectivity index (χ0v) is 19.3. The average Bonchev–Trinajstić information content (AvgIpc) is 2.71. The largest absolute Gasteiger partial charge is 0.511 e. The van der Waals surface area contributed by atoms with E-state index < -0.39 is 43.5 Å². The van der Waals surface area contributed by atoms with E-state index in [0.717, 1.165) is 11.1 Å². The summed E-state index contributed by atoms with van der Waals surface area (Å²) in [6.45, 7) is 4.55. The Morgan fingerprint density at radius 2 is 1.34 bits per heavy atom. The standard InChI is InChI=1S/C20H25F3N2O5S2/c1-14(2)31(26,27)24-12-15(3)30-19-10-8-18(9-11-19)17-6-4-16(5-7-17)13-25-32(28,29)20(21,22)23/h4-11,14-15,24-25H,12-13H2,1-3H3. The molecule has 2 aromatic rings. The van der Waals surface area contributed by atoms with Crippen LogP contribution in [-0.4, -0.2) is 40.2 Å². The highest BCUT2D eigenvalue weighted by Crippen LogP contribution is 2.24. The van der Waals surface area contributed by atoms with Gasteiger partial charge in [-0.05, 0) is 49.6 Å². The second-order valence-electron chi connectivity index (χ2n) is 7.36. The highest BCUT2D eigenvalue weighted by Gasteiger charge is 2.45. The Kier molecular flexibility index (Phi) is 8.32. The predicted molar refractivity (Wildman–Crippen MR) is 116 cm³/mol. The summed E-state index contributed by atoms with van der Waals surface area (Å²) in [6.07, 6.45) is -0.394. The minimum atomic E-state index is -5.39. The molecule has 0 aliphatic heterocycles. The van der Waals surface area contributed by atoms with Crippen molar-refractivity contribution in [1.29, 1.82) is 0 Å². The lowest BCUT2D eigenvalue weighted by atomic mass is 10.0. The number of hydrogen-bond acceptors (Lipinski definition) is 5. The fourth-order valence-corrected chi connectivity index (χ4v) is 3.80. The molecule has 0 heterocycles. The van der Waals surface area contributed by atoms with Crippen LogP contribution in [-0.2, 0) is 26.6 Å². The third-order valence-corrected chi connectivity index (χ3v) is 7.39. The number of rotatable bonds is 10. The van der Waals surface area contributed by atoms with Crippen LogP contribution in [0.1, 0.15) is 26.3 Å². The van der Waals surface area contributed by atoms with Crippen molar-refractivity contribution in [2.24, 2.45) is 0 Å². The van der Waals surface area contributed by atoms with Crippen LogP contribution < -0.4 is 14.2 Å². The lowest BCUT2D eigenvalue weighted by Crippen LogP contribution is -2.37. The highest BCUT2D eigenvalue weighted by molar-refractivity contribution is 7.90. The van der Waals surface area contributed by atoms with E-state index in [0.29, 0.717) is 11.3 Å². The number of alkyl halides is 3. The average molecular weight is 495 g/mol. The Hall–Kier alpha value is -2.15. The third kappa shape index (κ3) is 7.19. The monoisotopic (exact) mass is 494 g/mol. The van der Waals surface area contributed by atoms with E-state index in [1.54, 1.807) is 57.2 Å². The molecule has 2 N–H and O–H groups in total. The molecule has 0 aliphatic rings. The van der Waals surface area contributed by atoms with Crippen molar-refractivity contribution >= 4 is 20.0 Å². The second-order valence-corrected chi connectivity index (χ2v) is 11.4. The van der Waals surface area contributed by atoms with Crippen LogP contribution in [0.2, 0.25) is 0 Å². The van der Waals surface area contributed by atoms with Crippen LogP contribution in [0.5, 0.6) is 5.75 Å². The molecule has 2 rings (SSSR count). The fraction of sp³-hybridized carbons (Fsp3) is 0.400. The Labute approximate surface area is 186 Å². The van der Waals surface area contributed by atoms with Crippen molar-refractivity contribution in [2.75, 3.05) is 6.54 Å². The normalized spacial score (nSPS) is 13.8. The molecule has 178 valence electrons. The van der Waals surface area contributed by atoms with Crippen molar-refractivity contribution in [1.82, 2.24) is 9.44 Å². The smallest absolute Gasteiger partial charge is 0.489 e. The maximum absolute atomic E-state index is 12.4. The lowest BCUT2D eigenvalue weighted by molar-refractivity contribution is -0.0448. The van der Waals surface area contributed by atoms with Gasteiger partial charge >= 0.3 is 15.5 Å². The first-order chi connectivity index (χ1) is 14.7. The summed E-state index contributed by atoms with van der Waals surface area (Å²) < 4.78 is 92.5. The van der Waals surface area contributed by atoms with Gasteiger partial charge in [-0.1, -0.05) is 36.4 Å². The van der Waals surface area contributed by atoms with E-state index >= 15 is 0 Å². The molecule has 0 radical (unpaired) electrons. The van der Waals surface area contributed by atoms with Gasteiger partial charge in [-0.25, -0.2) is 26.3 Å². The molecular formula is C20H25F3N2O5S2. The van der Waals surface area contributed by atoms with Crippen LogP contribution in [0.25, 0.3) is 11.1 Å². The maximum Gasteiger partial charge on any atom is 0.511 e. The topological polar surface area (TPSA) is 102 Å². The fourth-order valence-electron chi connectivity index (χ4n) is 2.48.